The molecule has 0 saturated heterocycles. The third-order valence-electron chi connectivity index (χ3n) is 2.64. The second-order valence-electron chi connectivity index (χ2n) is 4.15. The molecule has 2 aromatic rings. The van der Waals surface area contributed by atoms with Gasteiger partial charge in [-0.05, 0) is 24.3 Å². The number of imidazole rings is 1. The second kappa shape index (κ2) is 6.25. The Balaban J connectivity index is 1.95. The first kappa shape index (κ1) is 15.5. The van der Waals surface area contributed by atoms with Gasteiger partial charge in [-0.1, -0.05) is 11.6 Å². The van der Waals surface area contributed by atoms with Crippen LogP contribution < -0.4 is 4.72 Å². The minimum atomic E-state index is -3.62. The first-order valence-electron chi connectivity index (χ1n) is 5.89. The van der Waals surface area contributed by atoms with Crippen LogP contribution in [-0.2, 0) is 16.6 Å². The Morgan fingerprint density at radius 2 is 2.00 bits per heavy atom. The van der Waals surface area contributed by atoms with E-state index in [0.717, 1.165) is 0 Å². The van der Waals surface area contributed by atoms with Gasteiger partial charge in [0.15, 0.2) is 5.69 Å². The van der Waals surface area contributed by atoms with Crippen molar-refractivity contribution in [1.29, 1.82) is 0 Å². The third kappa shape index (κ3) is 4.03. The molecule has 7 nitrogen and oxygen atoms in total. The van der Waals surface area contributed by atoms with E-state index in [1.807, 2.05) is 0 Å². The van der Waals surface area contributed by atoms with Crippen molar-refractivity contribution in [1.82, 2.24) is 14.3 Å². The largest absolute Gasteiger partial charge is 0.476 e. The molecule has 0 aliphatic heterocycles. The summed E-state index contributed by atoms with van der Waals surface area (Å²) in [6, 6.07) is 5.80. The highest BCUT2D eigenvalue weighted by atomic mass is 35.5. The van der Waals surface area contributed by atoms with Crippen molar-refractivity contribution < 1.29 is 18.3 Å². The van der Waals surface area contributed by atoms with Gasteiger partial charge >= 0.3 is 5.97 Å². The maximum Gasteiger partial charge on any atom is 0.356 e. The van der Waals surface area contributed by atoms with Crippen molar-refractivity contribution in [2.75, 3.05) is 6.54 Å². The summed E-state index contributed by atoms with van der Waals surface area (Å²) in [6.45, 7) is 0.382. The molecule has 0 atom stereocenters. The Bertz CT molecular complexity index is 740. The molecule has 21 heavy (non-hydrogen) atoms. The van der Waals surface area contributed by atoms with Crippen LogP contribution in [0.2, 0.25) is 5.02 Å². The zero-order valence-electron chi connectivity index (χ0n) is 10.7. The number of aromatic nitrogens is 2. The van der Waals surface area contributed by atoms with Gasteiger partial charge in [-0.2, -0.15) is 0 Å². The SMILES string of the molecule is O=C(O)c1cn(CCNS(=O)(=O)c2ccc(Cl)cc2)cn1. The molecule has 0 bridgehead atoms. The van der Waals surface area contributed by atoms with Crippen molar-refractivity contribution in [3.8, 4) is 0 Å². The molecule has 0 aliphatic rings. The molecule has 0 fully saturated rings. The average Bonchev–Trinajstić information content (AvgIpc) is 2.88. The van der Waals surface area contributed by atoms with Gasteiger partial charge in [-0.25, -0.2) is 22.9 Å². The van der Waals surface area contributed by atoms with E-state index >= 15 is 0 Å². The zero-order valence-corrected chi connectivity index (χ0v) is 12.3. The van der Waals surface area contributed by atoms with Gasteiger partial charge in [0.05, 0.1) is 11.2 Å². The summed E-state index contributed by atoms with van der Waals surface area (Å²) in [5.41, 5.74) is -0.0874. The highest BCUT2D eigenvalue weighted by molar-refractivity contribution is 7.89. The molecular formula is C12H12ClN3O4S. The van der Waals surface area contributed by atoms with Crippen molar-refractivity contribution in [2.24, 2.45) is 0 Å². The van der Waals surface area contributed by atoms with Crippen LogP contribution in [0.4, 0.5) is 0 Å². The summed E-state index contributed by atoms with van der Waals surface area (Å²) in [7, 11) is -3.62. The van der Waals surface area contributed by atoms with Crippen molar-refractivity contribution in [2.45, 2.75) is 11.4 Å². The van der Waals surface area contributed by atoms with Crippen LogP contribution in [0.1, 0.15) is 10.5 Å². The van der Waals surface area contributed by atoms with E-state index in [1.54, 1.807) is 0 Å². The van der Waals surface area contributed by atoms with Gasteiger partial charge in [0, 0.05) is 24.3 Å². The summed E-state index contributed by atoms with van der Waals surface area (Å²) in [5.74, 6) is -1.13. The second-order valence-corrected chi connectivity index (χ2v) is 6.36. The van der Waals surface area contributed by atoms with Crippen LogP contribution in [0, 0.1) is 0 Å². The van der Waals surface area contributed by atoms with Gasteiger partial charge in [0.2, 0.25) is 10.0 Å². The maximum atomic E-state index is 12.0. The molecule has 0 aliphatic carbocycles. The number of aromatic carboxylic acids is 1. The molecule has 0 unspecified atom stereocenters. The standard InChI is InChI=1S/C12H12ClN3O4S/c13-9-1-3-10(4-2-9)21(19,20)15-5-6-16-7-11(12(17)18)14-8-16/h1-4,7-8,15H,5-6H2,(H,17,18). The number of carboxylic acids is 1. The lowest BCUT2D eigenvalue weighted by molar-refractivity contribution is 0.0691. The molecule has 2 N–H and O–H groups in total. The number of halogens is 1. The van der Waals surface area contributed by atoms with Crippen LogP contribution in [-0.4, -0.2) is 35.6 Å². The highest BCUT2D eigenvalue weighted by Gasteiger charge is 2.13. The fourth-order valence-electron chi connectivity index (χ4n) is 1.60. The fraction of sp³-hybridized carbons (Fsp3) is 0.167. The zero-order chi connectivity index (χ0) is 15.5. The molecule has 1 aromatic heterocycles. The van der Waals surface area contributed by atoms with E-state index in [9.17, 15) is 13.2 Å². The van der Waals surface area contributed by atoms with Crippen molar-refractivity contribution in [3.05, 3.63) is 47.5 Å². The van der Waals surface area contributed by atoms with Gasteiger partial charge in [0.25, 0.3) is 0 Å². The van der Waals surface area contributed by atoms with E-state index in [2.05, 4.69) is 9.71 Å². The molecule has 1 aromatic carbocycles. The number of hydrogen-bond acceptors (Lipinski definition) is 4. The van der Waals surface area contributed by atoms with Crippen LogP contribution in [0.25, 0.3) is 0 Å². The molecule has 9 heteroatoms. The molecule has 0 saturated carbocycles. The fourth-order valence-corrected chi connectivity index (χ4v) is 2.75. The Labute approximate surface area is 126 Å². The van der Waals surface area contributed by atoms with E-state index in [-0.39, 0.29) is 23.7 Å². The van der Waals surface area contributed by atoms with Crippen molar-refractivity contribution >= 4 is 27.6 Å². The highest BCUT2D eigenvalue weighted by Crippen LogP contribution is 2.13. The lowest BCUT2D eigenvalue weighted by Crippen LogP contribution is -2.27. The van der Waals surface area contributed by atoms with E-state index < -0.39 is 16.0 Å². The molecule has 0 amide bonds. The van der Waals surface area contributed by atoms with E-state index in [0.29, 0.717) is 5.02 Å². The van der Waals surface area contributed by atoms with Crippen molar-refractivity contribution in [3.63, 3.8) is 0 Å². The number of carbonyl (C=O) groups is 1. The van der Waals surface area contributed by atoms with Gasteiger partial charge in [-0.3, -0.25) is 0 Å². The minimum absolute atomic E-state index is 0.0874. The number of hydrogen-bond donors (Lipinski definition) is 2. The Morgan fingerprint density at radius 3 is 2.57 bits per heavy atom. The smallest absolute Gasteiger partial charge is 0.356 e. The predicted octanol–water partition coefficient (Wildman–Crippen LogP) is 1.21. The topological polar surface area (TPSA) is 101 Å². The molecular weight excluding hydrogens is 318 g/mol. The Morgan fingerprint density at radius 1 is 1.33 bits per heavy atom. The first-order chi connectivity index (χ1) is 9.88. The summed E-state index contributed by atoms with van der Waals surface area (Å²) >= 11 is 5.70. The summed E-state index contributed by atoms with van der Waals surface area (Å²) < 4.78 is 27.9. The number of nitrogens with zero attached hydrogens (tertiary/aromatic N) is 2. The lowest BCUT2D eigenvalue weighted by Gasteiger charge is -2.07. The van der Waals surface area contributed by atoms with Crippen LogP contribution in [0.3, 0.4) is 0 Å². The van der Waals surface area contributed by atoms with E-state index in [1.165, 1.54) is 41.4 Å². The number of rotatable bonds is 6. The van der Waals surface area contributed by atoms with Crippen LogP contribution >= 0.6 is 11.6 Å². The van der Waals surface area contributed by atoms with Crippen LogP contribution in [0.15, 0.2) is 41.7 Å². The lowest BCUT2D eigenvalue weighted by atomic mass is 10.4. The number of sulfonamides is 1. The maximum absolute atomic E-state index is 12.0. The molecule has 0 radical (unpaired) electrons. The quantitative estimate of drug-likeness (QED) is 0.829. The summed E-state index contributed by atoms with van der Waals surface area (Å²) in [5, 5.41) is 9.18. The molecule has 0 spiro atoms. The monoisotopic (exact) mass is 329 g/mol. The third-order valence-corrected chi connectivity index (χ3v) is 4.37. The molecule has 1 heterocycles. The summed E-state index contributed by atoms with van der Waals surface area (Å²) in [4.78, 5) is 14.4. The number of carboxylic acid groups (broad SMARTS) is 1. The van der Waals surface area contributed by atoms with Crippen LogP contribution in [0.5, 0.6) is 0 Å². The molecule has 2 rings (SSSR count). The number of nitrogens with one attached hydrogen (secondary N) is 1. The van der Waals surface area contributed by atoms with Gasteiger partial charge < -0.3 is 9.67 Å². The Hall–Kier alpha value is -1.90. The Kier molecular flexibility index (Phi) is 4.61. The predicted molar refractivity (Wildman–Crippen MR) is 75.8 cm³/mol. The average molecular weight is 330 g/mol. The van der Waals surface area contributed by atoms with Gasteiger partial charge in [0.1, 0.15) is 0 Å². The van der Waals surface area contributed by atoms with Gasteiger partial charge in [-0.15, -0.1) is 0 Å². The van der Waals surface area contributed by atoms with E-state index in [4.69, 9.17) is 16.7 Å². The minimum Gasteiger partial charge on any atom is -0.476 e. The normalized spacial score (nSPS) is 11.5. The summed E-state index contributed by atoms with van der Waals surface area (Å²) in [6.07, 6.45) is 2.67. The molecule has 112 valence electrons. The first-order valence-corrected chi connectivity index (χ1v) is 7.75. The number of benzene rings is 1.